The first-order valence-corrected chi connectivity index (χ1v) is 12.3. The van der Waals surface area contributed by atoms with Crippen molar-refractivity contribution in [3.63, 3.8) is 0 Å². The summed E-state index contributed by atoms with van der Waals surface area (Å²) in [6, 6.07) is 3.07. The summed E-state index contributed by atoms with van der Waals surface area (Å²) in [5, 5.41) is 0. The van der Waals surface area contributed by atoms with E-state index < -0.39 is 61.2 Å². The summed E-state index contributed by atoms with van der Waals surface area (Å²) < 4.78 is 43.8. The summed E-state index contributed by atoms with van der Waals surface area (Å²) in [7, 11) is 2.72. The van der Waals surface area contributed by atoms with E-state index in [4.69, 9.17) is 37.9 Å². The van der Waals surface area contributed by atoms with Crippen molar-refractivity contribution in [2.24, 2.45) is 0 Å². The van der Waals surface area contributed by atoms with Crippen LogP contribution in [0.3, 0.4) is 0 Å². The molecular formula is C25H29BrO13. The number of hydrogen-bond acceptors (Lipinski definition) is 13. The van der Waals surface area contributed by atoms with Gasteiger partial charge in [-0.15, -0.1) is 0 Å². The molecule has 1 aromatic carbocycles. The Labute approximate surface area is 232 Å². The minimum absolute atomic E-state index is 0.00298. The molecule has 1 saturated heterocycles. The molecule has 0 spiro atoms. The molecule has 1 aliphatic heterocycles. The van der Waals surface area contributed by atoms with Crippen LogP contribution in [0.15, 0.2) is 18.2 Å². The van der Waals surface area contributed by atoms with Crippen LogP contribution < -0.4 is 14.2 Å². The lowest BCUT2D eigenvalue weighted by atomic mass is 9.98. The van der Waals surface area contributed by atoms with Crippen LogP contribution in [-0.2, 0) is 47.7 Å². The minimum atomic E-state index is -1.50. The lowest BCUT2D eigenvalue weighted by molar-refractivity contribution is -0.288. The molecule has 14 heteroatoms. The summed E-state index contributed by atoms with van der Waals surface area (Å²) >= 11 is 2.81. The smallest absolute Gasteiger partial charge is 0.303 e. The van der Waals surface area contributed by atoms with Gasteiger partial charge in [-0.05, 0) is 39.7 Å². The van der Waals surface area contributed by atoms with Gasteiger partial charge in [-0.25, -0.2) is 0 Å². The Morgan fingerprint density at radius 3 is 1.79 bits per heavy atom. The average molecular weight is 617 g/mol. The molecule has 0 radical (unpaired) electrons. The van der Waals surface area contributed by atoms with Crippen molar-refractivity contribution in [1.29, 1.82) is 0 Å². The highest BCUT2D eigenvalue weighted by molar-refractivity contribution is 9.18. The fourth-order valence-electron chi connectivity index (χ4n) is 3.67. The Balaban J connectivity index is 2.62. The third-order valence-corrected chi connectivity index (χ3v) is 5.34. The minimum Gasteiger partial charge on any atom is -0.493 e. The average Bonchev–Trinajstić information content (AvgIpc) is 2.84. The Bertz CT molecular complexity index is 1090. The quantitative estimate of drug-likeness (QED) is 0.154. The molecule has 1 aromatic rings. The molecule has 0 aromatic heterocycles. The molecule has 39 heavy (non-hydrogen) atoms. The van der Waals surface area contributed by atoms with E-state index in [1.807, 2.05) is 0 Å². The first-order chi connectivity index (χ1) is 18.4. The van der Waals surface area contributed by atoms with Gasteiger partial charge in [0.05, 0.1) is 14.2 Å². The van der Waals surface area contributed by atoms with Crippen LogP contribution in [0, 0.1) is 0 Å². The van der Waals surface area contributed by atoms with Gasteiger partial charge < -0.3 is 37.9 Å². The predicted molar refractivity (Wildman–Crippen MR) is 135 cm³/mol. The summed E-state index contributed by atoms with van der Waals surface area (Å²) in [4.78, 5) is 58.8. The number of esters is 4. The molecule has 13 nitrogen and oxygen atoms in total. The van der Waals surface area contributed by atoms with Crippen LogP contribution in [0.25, 0.3) is 6.08 Å². The van der Waals surface area contributed by atoms with Crippen LogP contribution in [0.5, 0.6) is 17.2 Å². The maximum absolute atomic E-state index is 12.0. The van der Waals surface area contributed by atoms with Crippen LogP contribution >= 0.6 is 15.9 Å². The predicted octanol–water partition coefficient (Wildman–Crippen LogP) is 2.10. The van der Waals surface area contributed by atoms with E-state index >= 15 is 0 Å². The lowest BCUT2D eigenvalue weighted by Gasteiger charge is -2.44. The van der Waals surface area contributed by atoms with E-state index in [2.05, 4.69) is 15.9 Å². The molecule has 0 amide bonds. The standard InChI is InChI=1S/C25H29BrO13/c1-12(27)34-11-19-22(35-13(2)28)23(36-14(3)29)24(37-15(4)30)25(38-19)39-21-17(32-5)9-16(7-8-20(26)31)10-18(21)33-6/h7-10,19,22-25H,11H2,1-6H3/t19-,22-,23+,24+,25-/m1/s1. The Hall–Kier alpha value is -3.65. The molecule has 0 saturated carbocycles. The Kier molecular flexibility index (Phi) is 11.7. The molecule has 2 rings (SSSR count). The third-order valence-electron chi connectivity index (χ3n) is 5.07. The van der Waals surface area contributed by atoms with Crippen LogP contribution in [0.1, 0.15) is 33.3 Å². The number of rotatable bonds is 11. The number of benzene rings is 1. The fourth-order valence-corrected chi connectivity index (χ4v) is 3.81. The third kappa shape index (κ3) is 9.25. The van der Waals surface area contributed by atoms with Gasteiger partial charge in [-0.1, -0.05) is 6.08 Å². The Morgan fingerprint density at radius 2 is 1.33 bits per heavy atom. The first kappa shape index (κ1) is 31.6. The van der Waals surface area contributed by atoms with Gasteiger partial charge in [0.1, 0.15) is 12.7 Å². The molecule has 1 aliphatic rings. The van der Waals surface area contributed by atoms with Gasteiger partial charge in [-0.2, -0.15) is 0 Å². The van der Waals surface area contributed by atoms with Gasteiger partial charge in [-0.3, -0.25) is 24.0 Å². The Morgan fingerprint density at radius 1 is 0.821 bits per heavy atom. The summed E-state index contributed by atoms with van der Waals surface area (Å²) in [5.74, 6) is -2.70. The highest BCUT2D eigenvalue weighted by atomic mass is 79.9. The van der Waals surface area contributed by atoms with Crippen LogP contribution in [0.2, 0.25) is 0 Å². The SMILES string of the molecule is COc1cc(C=CC(=O)Br)cc(OC)c1O[C@H]1O[C@H](COC(C)=O)[C@@H](OC(C)=O)[C@H](OC(C)=O)[C@@H]1OC(C)=O. The van der Waals surface area contributed by atoms with E-state index in [0.29, 0.717) is 5.56 Å². The van der Waals surface area contributed by atoms with Gasteiger partial charge in [0, 0.05) is 27.7 Å². The fraction of sp³-hybridized carbons (Fsp3) is 0.480. The molecule has 214 valence electrons. The maximum atomic E-state index is 12.0. The summed E-state index contributed by atoms with van der Waals surface area (Å²) in [5.41, 5.74) is 0.519. The van der Waals surface area contributed by atoms with E-state index in [1.165, 1.54) is 38.5 Å². The summed E-state index contributed by atoms with van der Waals surface area (Å²) in [6.45, 7) is 4.08. The molecule has 0 unspecified atom stereocenters. The maximum Gasteiger partial charge on any atom is 0.303 e. The second kappa shape index (κ2) is 14.5. The van der Waals surface area contributed by atoms with E-state index in [9.17, 15) is 24.0 Å². The first-order valence-electron chi connectivity index (χ1n) is 11.5. The van der Waals surface area contributed by atoms with E-state index in [-0.39, 0.29) is 21.9 Å². The number of methoxy groups -OCH3 is 2. The molecule has 0 N–H and O–H groups in total. The second-order valence-electron chi connectivity index (χ2n) is 8.08. The highest BCUT2D eigenvalue weighted by Gasteiger charge is 2.53. The molecule has 1 heterocycles. The zero-order chi connectivity index (χ0) is 29.3. The number of carbonyl (C=O) groups is 5. The number of carbonyl (C=O) groups excluding carboxylic acids is 5. The normalized spacial score (nSPS) is 22.4. The van der Waals surface area contributed by atoms with E-state index in [1.54, 1.807) is 0 Å². The molecular weight excluding hydrogens is 588 g/mol. The van der Waals surface area contributed by atoms with Crippen LogP contribution in [0.4, 0.5) is 0 Å². The summed E-state index contributed by atoms with van der Waals surface area (Å²) in [6.07, 6.45) is -4.15. The highest BCUT2D eigenvalue weighted by Crippen LogP contribution is 2.41. The van der Waals surface area contributed by atoms with Crippen molar-refractivity contribution in [2.45, 2.75) is 58.4 Å². The van der Waals surface area contributed by atoms with Crippen LogP contribution in [-0.4, -0.2) is 80.1 Å². The van der Waals surface area contributed by atoms with Crippen molar-refractivity contribution in [3.8, 4) is 17.2 Å². The second-order valence-corrected chi connectivity index (χ2v) is 8.86. The van der Waals surface area contributed by atoms with Crippen molar-refractivity contribution in [1.82, 2.24) is 0 Å². The molecule has 5 atom stereocenters. The van der Waals surface area contributed by atoms with Gasteiger partial charge >= 0.3 is 23.9 Å². The molecule has 0 aliphatic carbocycles. The van der Waals surface area contributed by atoms with Crippen molar-refractivity contribution < 1.29 is 61.9 Å². The van der Waals surface area contributed by atoms with E-state index in [0.717, 1.165) is 27.7 Å². The number of allylic oxidation sites excluding steroid dienone is 1. The number of halogens is 1. The van der Waals surface area contributed by atoms with Gasteiger partial charge in [0.2, 0.25) is 22.8 Å². The van der Waals surface area contributed by atoms with Gasteiger partial charge in [0.15, 0.2) is 23.7 Å². The largest absolute Gasteiger partial charge is 0.493 e. The van der Waals surface area contributed by atoms with Crippen molar-refractivity contribution in [3.05, 3.63) is 23.8 Å². The molecule has 1 fully saturated rings. The number of hydrogen-bond donors (Lipinski definition) is 0. The van der Waals surface area contributed by atoms with Crippen molar-refractivity contribution >= 4 is 50.6 Å². The zero-order valence-electron chi connectivity index (χ0n) is 22.1. The van der Waals surface area contributed by atoms with Gasteiger partial charge in [0.25, 0.3) is 0 Å². The number of ether oxygens (including phenoxy) is 8. The monoisotopic (exact) mass is 616 g/mol. The lowest BCUT2D eigenvalue weighted by Crippen LogP contribution is -2.63. The van der Waals surface area contributed by atoms with Crippen molar-refractivity contribution in [2.75, 3.05) is 20.8 Å². The topological polar surface area (TPSA) is 159 Å². The molecule has 0 bridgehead atoms. The zero-order valence-corrected chi connectivity index (χ0v) is 23.7.